The third kappa shape index (κ3) is 1.85. The van der Waals surface area contributed by atoms with Crippen LogP contribution in [-0.2, 0) is 0 Å². The molecule has 0 aliphatic rings. The lowest BCUT2D eigenvalue weighted by Gasteiger charge is -1.99. The van der Waals surface area contributed by atoms with Gasteiger partial charge in [-0.2, -0.15) is 0 Å². The minimum atomic E-state index is 0.743. The van der Waals surface area contributed by atoms with Crippen molar-refractivity contribution in [3.05, 3.63) is 53.6 Å². The van der Waals surface area contributed by atoms with Crippen molar-refractivity contribution in [1.29, 1.82) is 0 Å². The fraction of sp³-hybridized carbons (Fsp3) is 0.0667. The number of H-pyrrole nitrogens is 1. The number of methoxy groups -OCH3 is 1. The fourth-order valence-electron chi connectivity index (χ4n) is 2.09. The summed E-state index contributed by atoms with van der Waals surface area (Å²) in [7, 11) is 1.68. The lowest BCUT2D eigenvalue weighted by Crippen LogP contribution is -1.81. The third-order valence-corrected chi connectivity index (χ3v) is 3.25. The Hall–Kier alpha value is -1.93. The van der Waals surface area contributed by atoms with E-state index in [1.165, 1.54) is 0 Å². The molecular formula is C15H12ClNO. The number of benzene rings is 2. The molecule has 0 aliphatic heterocycles. The Kier molecular flexibility index (Phi) is 2.73. The number of aromatic amines is 1. The fourth-order valence-corrected chi connectivity index (χ4v) is 2.22. The van der Waals surface area contributed by atoms with E-state index in [1.54, 1.807) is 7.11 Å². The van der Waals surface area contributed by atoms with Gasteiger partial charge in [-0.1, -0.05) is 29.8 Å². The monoisotopic (exact) mass is 257 g/mol. The molecule has 1 heterocycles. The van der Waals surface area contributed by atoms with Crippen LogP contribution in [0, 0.1) is 0 Å². The average molecular weight is 258 g/mol. The normalized spacial score (nSPS) is 10.8. The van der Waals surface area contributed by atoms with Gasteiger partial charge in [0, 0.05) is 21.6 Å². The maximum absolute atomic E-state index is 5.90. The van der Waals surface area contributed by atoms with Crippen LogP contribution < -0.4 is 4.74 Å². The van der Waals surface area contributed by atoms with E-state index in [1.807, 2.05) is 42.5 Å². The summed E-state index contributed by atoms with van der Waals surface area (Å²) in [5.74, 6) is 0.879. The number of fused-ring (bicyclic) bond motifs is 1. The van der Waals surface area contributed by atoms with Gasteiger partial charge in [0.15, 0.2) is 0 Å². The van der Waals surface area contributed by atoms with E-state index in [0.717, 1.165) is 32.9 Å². The van der Waals surface area contributed by atoms with Crippen LogP contribution in [0.25, 0.3) is 22.2 Å². The average Bonchev–Trinajstić information content (AvgIpc) is 2.83. The van der Waals surface area contributed by atoms with E-state index in [2.05, 4.69) is 11.1 Å². The van der Waals surface area contributed by atoms with Gasteiger partial charge in [0.05, 0.1) is 7.11 Å². The van der Waals surface area contributed by atoms with Crippen molar-refractivity contribution in [3.8, 4) is 17.0 Å². The highest BCUT2D eigenvalue weighted by Crippen LogP contribution is 2.30. The Morgan fingerprint density at radius 3 is 2.56 bits per heavy atom. The quantitative estimate of drug-likeness (QED) is 0.719. The molecule has 0 saturated carbocycles. The molecule has 18 heavy (non-hydrogen) atoms. The molecule has 3 aromatic rings. The lowest BCUT2D eigenvalue weighted by molar-refractivity contribution is 0.420. The number of hydrogen-bond acceptors (Lipinski definition) is 1. The van der Waals surface area contributed by atoms with Crippen LogP contribution in [0.3, 0.4) is 0 Å². The Labute approximate surface area is 110 Å². The molecule has 0 aliphatic carbocycles. The highest BCUT2D eigenvalue weighted by Gasteiger charge is 2.06. The van der Waals surface area contributed by atoms with E-state index < -0.39 is 0 Å². The molecule has 0 spiro atoms. The summed E-state index contributed by atoms with van der Waals surface area (Å²) >= 11 is 5.90. The highest BCUT2D eigenvalue weighted by molar-refractivity contribution is 6.30. The van der Waals surface area contributed by atoms with Crippen LogP contribution >= 0.6 is 11.6 Å². The number of halogens is 1. The third-order valence-electron chi connectivity index (χ3n) is 3.00. The standard InChI is InChI=1S/C15H12ClNO/c1-18-15-4-2-3-13-12(15)9-14(17-13)10-5-7-11(16)8-6-10/h2-9,17H,1H3. The number of aromatic nitrogens is 1. The molecule has 0 amide bonds. The maximum atomic E-state index is 5.90. The minimum absolute atomic E-state index is 0.743. The van der Waals surface area contributed by atoms with Crippen LogP contribution in [0.1, 0.15) is 0 Å². The Morgan fingerprint density at radius 1 is 1.06 bits per heavy atom. The zero-order valence-corrected chi connectivity index (χ0v) is 10.7. The van der Waals surface area contributed by atoms with Gasteiger partial charge >= 0.3 is 0 Å². The molecule has 1 aromatic heterocycles. The molecule has 3 rings (SSSR count). The molecule has 2 nitrogen and oxygen atoms in total. The second kappa shape index (κ2) is 4.39. The number of nitrogens with one attached hydrogen (secondary N) is 1. The summed E-state index contributed by atoms with van der Waals surface area (Å²) in [6.07, 6.45) is 0. The highest BCUT2D eigenvalue weighted by atomic mass is 35.5. The Morgan fingerprint density at radius 2 is 1.83 bits per heavy atom. The van der Waals surface area contributed by atoms with Gasteiger partial charge < -0.3 is 9.72 Å². The van der Waals surface area contributed by atoms with Crippen LogP contribution in [0.4, 0.5) is 0 Å². The number of hydrogen-bond donors (Lipinski definition) is 1. The van der Waals surface area contributed by atoms with Crippen LogP contribution in [-0.4, -0.2) is 12.1 Å². The minimum Gasteiger partial charge on any atom is -0.496 e. The van der Waals surface area contributed by atoms with Crippen molar-refractivity contribution in [2.24, 2.45) is 0 Å². The van der Waals surface area contributed by atoms with Crippen LogP contribution in [0.5, 0.6) is 5.75 Å². The zero-order valence-electron chi connectivity index (χ0n) is 9.91. The first-order valence-corrected chi connectivity index (χ1v) is 6.07. The van der Waals surface area contributed by atoms with Crippen molar-refractivity contribution in [2.45, 2.75) is 0 Å². The zero-order chi connectivity index (χ0) is 12.5. The maximum Gasteiger partial charge on any atom is 0.128 e. The summed E-state index contributed by atoms with van der Waals surface area (Å²) in [5.41, 5.74) is 3.24. The summed E-state index contributed by atoms with van der Waals surface area (Å²) in [5, 5.41) is 1.83. The number of ether oxygens (including phenoxy) is 1. The summed E-state index contributed by atoms with van der Waals surface area (Å²) in [4.78, 5) is 3.38. The first kappa shape index (κ1) is 11.2. The molecule has 0 bridgehead atoms. The van der Waals surface area contributed by atoms with E-state index >= 15 is 0 Å². The predicted molar refractivity (Wildman–Crippen MR) is 75.3 cm³/mol. The van der Waals surface area contributed by atoms with Gasteiger partial charge in [-0.05, 0) is 35.9 Å². The topological polar surface area (TPSA) is 25.0 Å². The van der Waals surface area contributed by atoms with Gasteiger partial charge in [0.2, 0.25) is 0 Å². The molecule has 0 unspecified atom stereocenters. The molecule has 90 valence electrons. The molecule has 0 saturated heterocycles. The Bertz CT molecular complexity index is 685. The smallest absolute Gasteiger partial charge is 0.128 e. The van der Waals surface area contributed by atoms with Crippen molar-refractivity contribution in [3.63, 3.8) is 0 Å². The van der Waals surface area contributed by atoms with Gasteiger partial charge in [-0.15, -0.1) is 0 Å². The van der Waals surface area contributed by atoms with Crippen molar-refractivity contribution in [1.82, 2.24) is 4.98 Å². The predicted octanol–water partition coefficient (Wildman–Crippen LogP) is 4.50. The molecule has 0 radical (unpaired) electrons. The Balaban J connectivity index is 2.16. The van der Waals surface area contributed by atoms with Crippen molar-refractivity contribution < 1.29 is 4.74 Å². The van der Waals surface area contributed by atoms with Gasteiger partial charge in [0.25, 0.3) is 0 Å². The second-order valence-corrected chi connectivity index (χ2v) is 4.55. The van der Waals surface area contributed by atoms with Crippen LogP contribution in [0.15, 0.2) is 48.5 Å². The van der Waals surface area contributed by atoms with E-state index in [0.29, 0.717) is 0 Å². The van der Waals surface area contributed by atoms with E-state index in [9.17, 15) is 0 Å². The first-order valence-electron chi connectivity index (χ1n) is 5.69. The lowest BCUT2D eigenvalue weighted by atomic mass is 10.1. The van der Waals surface area contributed by atoms with Gasteiger partial charge in [-0.3, -0.25) is 0 Å². The summed E-state index contributed by atoms with van der Waals surface area (Å²) < 4.78 is 5.35. The number of rotatable bonds is 2. The van der Waals surface area contributed by atoms with Crippen molar-refractivity contribution >= 4 is 22.5 Å². The molecule has 2 aromatic carbocycles. The summed E-state index contributed by atoms with van der Waals surface area (Å²) in [6.45, 7) is 0. The SMILES string of the molecule is COc1cccc2[nH]c(-c3ccc(Cl)cc3)cc12. The molecule has 0 fully saturated rings. The van der Waals surface area contributed by atoms with Crippen LogP contribution in [0.2, 0.25) is 5.02 Å². The van der Waals surface area contributed by atoms with Gasteiger partial charge in [0.1, 0.15) is 5.75 Å². The first-order chi connectivity index (χ1) is 8.78. The van der Waals surface area contributed by atoms with Gasteiger partial charge in [-0.25, -0.2) is 0 Å². The largest absolute Gasteiger partial charge is 0.496 e. The molecule has 1 N–H and O–H groups in total. The second-order valence-electron chi connectivity index (χ2n) is 4.11. The molecular weight excluding hydrogens is 246 g/mol. The molecule has 3 heteroatoms. The molecule has 0 atom stereocenters. The summed E-state index contributed by atoms with van der Waals surface area (Å²) in [6, 6.07) is 15.8. The van der Waals surface area contributed by atoms with Crippen molar-refractivity contribution in [2.75, 3.05) is 7.11 Å². The van der Waals surface area contributed by atoms with E-state index in [-0.39, 0.29) is 0 Å². The van der Waals surface area contributed by atoms with E-state index in [4.69, 9.17) is 16.3 Å².